The van der Waals surface area contributed by atoms with Crippen LogP contribution < -0.4 is 5.32 Å². The molecule has 0 unspecified atom stereocenters. The summed E-state index contributed by atoms with van der Waals surface area (Å²) in [4.78, 5) is 16.0. The van der Waals surface area contributed by atoms with Gasteiger partial charge in [-0.1, -0.05) is 40.7 Å². The molecule has 0 aliphatic carbocycles. The van der Waals surface area contributed by atoms with Crippen LogP contribution in [-0.4, -0.2) is 17.5 Å². The molecule has 110 valence electrons. The molecule has 1 N–H and O–H groups in total. The minimum Gasteiger partial charge on any atom is -0.494 e. The smallest absolute Gasteiger partial charge is 0.230 e. The fourth-order valence-corrected chi connectivity index (χ4v) is 1.36. The van der Waals surface area contributed by atoms with Gasteiger partial charge < -0.3 is 10.1 Å². The molecule has 0 aliphatic heterocycles. The average Bonchev–Trinajstić information content (AvgIpc) is 2.38. The van der Waals surface area contributed by atoms with E-state index in [9.17, 15) is 4.79 Å². The average molecular weight is 276 g/mol. The third-order valence-corrected chi connectivity index (χ3v) is 2.78. The lowest BCUT2D eigenvalue weighted by Gasteiger charge is -2.17. The third-order valence-electron chi connectivity index (χ3n) is 2.78. The number of aromatic nitrogens is 1. The summed E-state index contributed by atoms with van der Waals surface area (Å²) in [5.74, 6) is 1.09. The third kappa shape index (κ3) is 5.03. The minimum absolute atomic E-state index is 0.0595. The number of ether oxygens (including phenoxy) is 1. The second-order valence-electron chi connectivity index (χ2n) is 5.76. The number of carbonyl (C=O) groups excluding carboxylic acids is 1. The molecule has 0 spiro atoms. The number of pyridine rings is 1. The van der Waals surface area contributed by atoms with Gasteiger partial charge in [-0.3, -0.25) is 4.79 Å². The summed E-state index contributed by atoms with van der Waals surface area (Å²) in [7, 11) is 0. The molecular weight excluding hydrogens is 252 g/mol. The second-order valence-corrected chi connectivity index (χ2v) is 5.76. The van der Waals surface area contributed by atoms with E-state index in [0.717, 1.165) is 18.4 Å². The summed E-state index contributed by atoms with van der Waals surface area (Å²) in [6, 6.07) is 3.60. The van der Waals surface area contributed by atoms with Gasteiger partial charge in [0.1, 0.15) is 11.6 Å². The predicted molar refractivity (Wildman–Crippen MR) is 82.2 cm³/mol. The predicted octanol–water partition coefficient (Wildman–Crippen LogP) is 3.85. The number of hydrogen-bond donors (Lipinski definition) is 1. The lowest BCUT2D eigenvalue weighted by molar-refractivity contribution is -0.123. The summed E-state index contributed by atoms with van der Waals surface area (Å²) in [5, 5.41) is 2.78. The van der Waals surface area contributed by atoms with E-state index >= 15 is 0 Å². The number of anilines is 1. The number of carbonyl (C=O) groups is 1. The van der Waals surface area contributed by atoms with Crippen LogP contribution in [0.5, 0.6) is 0 Å². The van der Waals surface area contributed by atoms with Crippen molar-refractivity contribution >= 4 is 17.5 Å². The van der Waals surface area contributed by atoms with E-state index in [4.69, 9.17) is 4.74 Å². The zero-order valence-corrected chi connectivity index (χ0v) is 12.8. The van der Waals surface area contributed by atoms with Crippen LogP contribution in [0, 0.1) is 5.41 Å². The Hall–Kier alpha value is -1.84. The van der Waals surface area contributed by atoms with Gasteiger partial charge in [-0.05, 0) is 18.6 Å². The van der Waals surface area contributed by atoms with Crippen molar-refractivity contribution in [2.75, 3.05) is 11.9 Å². The van der Waals surface area contributed by atoms with Crippen molar-refractivity contribution in [1.29, 1.82) is 0 Å². The molecule has 4 nitrogen and oxygen atoms in total. The van der Waals surface area contributed by atoms with E-state index in [2.05, 4.69) is 23.8 Å². The van der Waals surface area contributed by atoms with E-state index < -0.39 is 5.41 Å². The molecule has 1 aromatic rings. The topological polar surface area (TPSA) is 51.2 Å². The van der Waals surface area contributed by atoms with Crippen molar-refractivity contribution in [2.45, 2.75) is 40.5 Å². The highest BCUT2D eigenvalue weighted by atomic mass is 16.5. The highest BCUT2D eigenvalue weighted by Crippen LogP contribution is 2.18. The number of nitrogens with zero attached hydrogens (tertiary/aromatic N) is 1. The van der Waals surface area contributed by atoms with Crippen molar-refractivity contribution in [3.8, 4) is 0 Å². The van der Waals surface area contributed by atoms with Crippen LogP contribution in [0.3, 0.4) is 0 Å². The lowest BCUT2D eigenvalue weighted by atomic mass is 9.96. The normalized spacial score (nSPS) is 11.0. The molecule has 4 heteroatoms. The standard InChI is InChI=1S/C16H24N2O2/c1-6-7-10-20-12(2)13-8-9-14(17-11-13)18-15(19)16(3,4)5/h8-9,11H,2,6-7,10H2,1,3-5H3,(H,17,18,19). The van der Waals surface area contributed by atoms with Crippen LogP contribution in [0.15, 0.2) is 24.9 Å². The first-order chi connectivity index (χ1) is 9.34. The summed E-state index contributed by atoms with van der Waals surface area (Å²) in [5.41, 5.74) is 0.391. The Bertz CT molecular complexity index is 458. The number of rotatable bonds is 6. The largest absolute Gasteiger partial charge is 0.494 e. The van der Waals surface area contributed by atoms with Crippen LogP contribution in [0.1, 0.15) is 46.1 Å². The molecule has 1 heterocycles. The molecule has 1 aromatic heterocycles. The molecule has 0 bridgehead atoms. The van der Waals surface area contributed by atoms with Gasteiger partial charge in [-0.15, -0.1) is 0 Å². The van der Waals surface area contributed by atoms with Gasteiger partial charge in [-0.25, -0.2) is 4.98 Å². The van der Waals surface area contributed by atoms with Gasteiger partial charge in [0.2, 0.25) is 5.91 Å². The van der Waals surface area contributed by atoms with E-state index in [1.165, 1.54) is 0 Å². The van der Waals surface area contributed by atoms with Gasteiger partial charge in [0.25, 0.3) is 0 Å². The monoisotopic (exact) mass is 276 g/mol. The number of hydrogen-bond acceptors (Lipinski definition) is 3. The minimum atomic E-state index is -0.437. The first-order valence-electron chi connectivity index (χ1n) is 6.94. The molecule has 0 atom stereocenters. The van der Waals surface area contributed by atoms with Crippen molar-refractivity contribution in [2.24, 2.45) is 5.41 Å². The fraction of sp³-hybridized carbons (Fsp3) is 0.500. The summed E-state index contributed by atoms with van der Waals surface area (Å²) >= 11 is 0. The SMILES string of the molecule is C=C(OCCCC)c1ccc(NC(=O)C(C)(C)C)nc1. The van der Waals surface area contributed by atoms with Crippen LogP contribution in [0.4, 0.5) is 5.82 Å². The van der Waals surface area contributed by atoms with Gasteiger partial charge >= 0.3 is 0 Å². The Balaban J connectivity index is 2.60. The van der Waals surface area contributed by atoms with E-state index in [0.29, 0.717) is 18.2 Å². The first-order valence-corrected chi connectivity index (χ1v) is 6.94. The molecule has 20 heavy (non-hydrogen) atoms. The summed E-state index contributed by atoms with van der Waals surface area (Å²) in [6.45, 7) is 12.2. The van der Waals surface area contributed by atoms with E-state index in [-0.39, 0.29) is 5.91 Å². The molecule has 0 fully saturated rings. The Morgan fingerprint density at radius 1 is 1.40 bits per heavy atom. The molecular formula is C16H24N2O2. The zero-order chi connectivity index (χ0) is 15.2. The van der Waals surface area contributed by atoms with Crippen molar-refractivity contribution in [1.82, 2.24) is 4.98 Å². The maximum absolute atomic E-state index is 11.8. The van der Waals surface area contributed by atoms with Crippen LogP contribution >= 0.6 is 0 Å². The fourth-order valence-electron chi connectivity index (χ4n) is 1.36. The quantitative estimate of drug-likeness (QED) is 0.634. The van der Waals surface area contributed by atoms with Crippen LogP contribution in [0.2, 0.25) is 0 Å². The van der Waals surface area contributed by atoms with Crippen molar-refractivity contribution in [3.05, 3.63) is 30.5 Å². The van der Waals surface area contributed by atoms with E-state index in [1.807, 2.05) is 26.8 Å². The van der Waals surface area contributed by atoms with Gasteiger partial charge in [0.15, 0.2) is 0 Å². The number of amides is 1. The molecule has 0 saturated carbocycles. The van der Waals surface area contributed by atoms with Crippen molar-refractivity contribution in [3.63, 3.8) is 0 Å². The molecule has 0 saturated heterocycles. The van der Waals surface area contributed by atoms with Crippen LogP contribution in [-0.2, 0) is 9.53 Å². The van der Waals surface area contributed by atoms with Gasteiger partial charge in [-0.2, -0.15) is 0 Å². The molecule has 1 amide bonds. The zero-order valence-electron chi connectivity index (χ0n) is 12.8. The second kappa shape index (κ2) is 7.08. The maximum atomic E-state index is 11.8. The highest BCUT2D eigenvalue weighted by Gasteiger charge is 2.21. The molecule has 0 aliphatic rings. The van der Waals surface area contributed by atoms with Gasteiger partial charge in [0.05, 0.1) is 6.61 Å². The van der Waals surface area contributed by atoms with Crippen LogP contribution in [0.25, 0.3) is 5.76 Å². The molecule has 0 aromatic carbocycles. The highest BCUT2D eigenvalue weighted by molar-refractivity contribution is 5.93. The van der Waals surface area contributed by atoms with Crippen molar-refractivity contribution < 1.29 is 9.53 Å². The number of unbranched alkanes of at least 4 members (excludes halogenated alkanes) is 1. The maximum Gasteiger partial charge on any atom is 0.230 e. The Kier molecular flexibility index (Phi) is 5.74. The Labute approximate surface area is 121 Å². The summed E-state index contributed by atoms with van der Waals surface area (Å²) in [6.07, 6.45) is 3.75. The molecule has 0 radical (unpaired) electrons. The van der Waals surface area contributed by atoms with E-state index in [1.54, 1.807) is 12.3 Å². The first kappa shape index (κ1) is 16.2. The lowest BCUT2D eigenvalue weighted by Crippen LogP contribution is -2.27. The summed E-state index contributed by atoms with van der Waals surface area (Å²) < 4.78 is 5.52. The van der Waals surface area contributed by atoms with Gasteiger partial charge in [0, 0.05) is 17.2 Å². The Morgan fingerprint density at radius 2 is 2.10 bits per heavy atom. The number of nitrogens with one attached hydrogen (secondary N) is 1. The Morgan fingerprint density at radius 3 is 2.60 bits per heavy atom. The molecule has 1 rings (SSSR count).